The number of piperidine rings is 1. The van der Waals surface area contributed by atoms with Gasteiger partial charge in [-0.2, -0.15) is 0 Å². The molecule has 1 amide bonds. The van der Waals surface area contributed by atoms with E-state index in [0.717, 1.165) is 50.6 Å². The third kappa shape index (κ3) is 2.93. The summed E-state index contributed by atoms with van der Waals surface area (Å²) in [5.41, 5.74) is -0.161. The van der Waals surface area contributed by atoms with Crippen molar-refractivity contribution >= 4 is 6.09 Å². The lowest BCUT2D eigenvalue weighted by Gasteiger charge is -2.40. The molecule has 0 atom stereocenters. The highest BCUT2D eigenvalue weighted by Crippen LogP contribution is 2.35. The number of amides is 1. The van der Waals surface area contributed by atoms with Crippen molar-refractivity contribution < 1.29 is 9.53 Å². The van der Waals surface area contributed by atoms with Crippen LogP contribution in [0.15, 0.2) is 0 Å². The fourth-order valence-electron chi connectivity index (χ4n) is 2.80. The van der Waals surface area contributed by atoms with Crippen molar-refractivity contribution in [3.8, 4) is 0 Å². The van der Waals surface area contributed by atoms with Gasteiger partial charge in [-0.15, -0.1) is 0 Å². The largest absolute Gasteiger partial charge is 0.443 e. The minimum atomic E-state index is -0.161. The van der Waals surface area contributed by atoms with Gasteiger partial charge in [0.1, 0.15) is 5.60 Å². The second kappa shape index (κ2) is 4.87. The molecule has 2 fully saturated rings. The van der Waals surface area contributed by atoms with E-state index in [9.17, 15) is 4.79 Å². The number of hydrogen-bond acceptors (Lipinski definition) is 2. The van der Waals surface area contributed by atoms with Gasteiger partial charge >= 0.3 is 6.09 Å². The molecule has 2 rings (SSSR count). The zero-order valence-corrected chi connectivity index (χ0v) is 11.4. The van der Waals surface area contributed by atoms with Crippen LogP contribution in [0.3, 0.4) is 0 Å². The predicted octanol–water partition coefficient (Wildman–Crippen LogP) is 3.43. The first-order chi connectivity index (χ1) is 8.00. The maximum absolute atomic E-state index is 12.0. The lowest BCUT2D eigenvalue weighted by molar-refractivity contribution is -0.0510. The number of ether oxygens (including phenoxy) is 1. The van der Waals surface area contributed by atoms with Crippen molar-refractivity contribution in [3.63, 3.8) is 0 Å². The first-order valence-electron chi connectivity index (χ1n) is 6.98. The molecule has 2 aliphatic rings. The van der Waals surface area contributed by atoms with Gasteiger partial charge in [-0.25, -0.2) is 4.79 Å². The highest BCUT2D eigenvalue weighted by molar-refractivity contribution is 5.68. The van der Waals surface area contributed by atoms with Crippen LogP contribution in [0.1, 0.15) is 52.9 Å². The molecule has 3 heteroatoms. The van der Waals surface area contributed by atoms with E-state index in [1.54, 1.807) is 0 Å². The maximum Gasteiger partial charge on any atom is 0.410 e. The van der Waals surface area contributed by atoms with Crippen LogP contribution >= 0.6 is 0 Å². The van der Waals surface area contributed by atoms with Crippen LogP contribution in [0, 0.1) is 11.8 Å². The van der Waals surface area contributed by atoms with Crippen LogP contribution in [-0.4, -0.2) is 29.7 Å². The molecule has 1 aliphatic carbocycles. The van der Waals surface area contributed by atoms with E-state index in [2.05, 4.69) is 20.8 Å². The summed E-state index contributed by atoms with van der Waals surface area (Å²) in [5.74, 6) is 1.51. The number of carbonyl (C=O) groups is 1. The number of hydrogen-bond donors (Lipinski definition) is 0. The van der Waals surface area contributed by atoms with Crippen LogP contribution in [0.5, 0.6) is 0 Å². The van der Waals surface area contributed by atoms with Crippen LogP contribution in [-0.2, 0) is 4.74 Å². The maximum atomic E-state index is 12.0. The third-order valence-corrected chi connectivity index (χ3v) is 4.49. The van der Waals surface area contributed by atoms with Gasteiger partial charge in [0.2, 0.25) is 0 Å². The summed E-state index contributed by atoms with van der Waals surface area (Å²) in [6.45, 7) is 8.34. The lowest BCUT2D eigenvalue weighted by atomic mass is 9.82. The zero-order valence-electron chi connectivity index (χ0n) is 11.4. The molecule has 0 unspecified atom stereocenters. The molecule has 1 saturated carbocycles. The summed E-state index contributed by atoms with van der Waals surface area (Å²) in [6, 6.07) is 0. The molecule has 0 spiro atoms. The van der Waals surface area contributed by atoms with Gasteiger partial charge < -0.3 is 9.64 Å². The Hall–Kier alpha value is -0.730. The normalized spacial score (nSPS) is 24.6. The molecule has 0 aromatic carbocycles. The molecule has 0 aromatic rings. The van der Waals surface area contributed by atoms with Crippen molar-refractivity contribution in [2.75, 3.05) is 13.1 Å². The molecule has 0 bridgehead atoms. The molecule has 1 aliphatic heterocycles. The molecule has 0 N–H and O–H groups in total. The zero-order chi connectivity index (χ0) is 12.5. The van der Waals surface area contributed by atoms with Gasteiger partial charge in [-0.05, 0) is 50.9 Å². The summed E-state index contributed by atoms with van der Waals surface area (Å²) in [6.07, 6.45) is 5.42. The standard InChI is InChI=1S/C14H25NO2/c1-11(2)12-5-9-15(10-6-12)13(16)17-14(3)7-4-8-14/h11-12H,4-10H2,1-3H3. The summed E-state index contributed by atoms with van der Waals surface area (Å²) < 4.78 is 5.60. The van der Waals surface area contributed by atoms with Crippen molar-refractivity contribution in [2.45, 2.75) is 58.5 Å². The Morgan fingerprint density at radius 3 is 2.29 bits per heavy atom. The van der Waals surface area contributed by atoms with Crippen molar-refractivity contribution in [1.29, 1.82) is 0 Å². The summed E-state index contributed by atoms with van der Waals surface area (Å²) >= 11 is 0. The average molecular weight is 239 g/mol. The Balaban J connectivity index is 1.78. The minimum Gasteiger partial charge on any atom is -0.443 e. The Bertz CT molecular complexity index is 276. The minimum absolute atomic E-state index is 0.0885. The molecule has 1 saturated heterocycles. The van der Waals surface area contributed by atoms with Crippen molar-refractivity contribution in [3.05, 3.63) is 0 Å². The van der Waals surface area contributed by atoms with Gasteiger partial charge in [-0.1, -0.05) is 13.8 Å². The molecule has 98 valence electrons. The topological polar surface area (TPSA) is 29.5 Å². The van der Waals surface area contributed by atoms with E-state index < -0.39 is 0 Å². The summed E-state index contributed by atoms with van der Waals surface area (Å²) in [7, 11) is 0. The van der Waals surface area contributed by atoms with E-state index >= 15 is 0 Å². The second-order valence-corrected chi connectivity index (χ2v) is 6.24. The number of likely N-dealkylation sites (tertiary alicyclic amines) is 1. The predicted molar refractivity (Wildman–Crippen MR) is 67.9 cm³/mol. The third-order valence-electron chi connectivity index (χ3n) is 4.49. The van der Waals surface area contributed by atoms with Gasteiger partial charge in [0, 0.05) is 13.1 Å². The van der Waals surface area contributed by atoms with Crippen LogP contribution in [0.4, 0.5) is 4.79 Å². The molecular formula is C14H25NO2. The SMILES string of the molecule is CC(C)C1CCN(C(=O)OC2(C)CCC2)CC1. The Morgan fingerprint density at radius 1 is 1.29 bits per heavy atom. The first kappa shape index (κ1) is 12.7. The number of carbonyl (C=O) groups excluding carboxylic acids is 1. The van der Waals surface area contributed by atoms with Gasteiger partial charge in [0.25, 0.3) is 0 Å². The first-order valence-corrected chi connectivity index (χ1v) is 6.98. The van der Waals surface area contributed by atoms with Crippen molar-refractivity contribution in [1.82, 2.24) is 4.90 Å². The van der Waals surface area contributed by atoms with Crippen molar-refractivity contribution in [2.24, 2.45) is 11.8 Å². The fraction of sp³-hybridized carbons (Fsp3) is 0.929. The summed E-state index contributed by atoms with van der Waals surface area (Å²) in [4.78, 5) is 13.9. The van der Waals surface area contributed by atoms with Gasteiger partial charge in [-0.3, -0.25) is 0 Å². The Kier molecular flexibility index (Phi) is 3.64. The lowest BCUT2D eigenvalue weighted by Crippen LogP contribution is -2.46. The molecule has 0 radical (unpaired) electrons. The Morgan fingerprint density at radius 2 is 1.88 bits per heavy atom. The van der Waals surface area contributed by atoms with E-state index in [0.29, 0.717) is 0 Å². The number of rotatable bonds is 2. The monoisotopic (exact) mass is 239 g/mol. The van der Waals surface area contributed by atoms with Crippen LogP contribution in [0.25, 0.3) is 0 Å². The molecule has 1 heterocycles. The molecule has 17 heavy (non-hydrogen) atoms. The second-order valence-electron chi connectivity index (χ2n) is 6.24. The smallest absolute Gasteiger partial charge is 0.410 e. The molecule has 0 aromatic heterocycles. The van der Waals surface area contributed by atoms with Crippen LogP contribution in [0.2, 0.25) is 0 Å². The van der Waals surface area contributed by atoms with Gasteiger partial charge in [0.15, 0.2) is 0 Å². The average Bonchev–Trinajstić information content (AvgIpc) is 2.27. The number of nitrogens with zero attached hydrogens (tertiary/aromatic N) is 1. The summed E-state index contributed by atoms with van der Waals surface area (Å²) in [5, 5.41) is 0. The van der Waals surface area contributed by atoms with E-state index in [4.69, 9.17) is 4.74 Å². The Labute approximate surface area is 105 Å². The highest BCUT2D eigenvalue weighted by Gasteiger charge is 2.37. The molecular weight excluding hydrogens is 214 g/mol. The fourth-order valence-corrected chi connectivity index (χ4v) is 2.80. The van der Waals surface area contributed by atoms with E-state index in [1.807, 2.05) is 4.90 Å². The van der Waals surface area contributed by atoms with E-state index in [-0.39, 0.29) is 11.7 Å². The van der Waals surface area contributed by atoms with Crippen LogP contribution < -0.4 is 0 Å². The van der Waals surface area contributed by atoms with Gasteiger partial charge in [0.05, 0.1) is 0 Å². The highest BCUT2D eigenvalue weighted by atomic mass is 16.6. The van der Waals surface area contributed by atoms with E-state index in [1.165, 1.54) is 6.42 Å². The quantitative estimate of drug-likeness (QED) is 0.739. The molecule has 3 nitrogen and oxygen atoms in total.